The van der Waals surface area contributed by atoms with Crippen LogP contribution in [0.1, 0.15) is 19.4 Å². The van der Waals surface area contributed by atoms with Gasteiger partial charge in [-0.15, -0.1) is 0 Å². The predicted molar refractivity (Wildman–Crippen MR) is 119 cm³/mol. The Morgan fingerprint density at radius 3 is 2.37 bits per heavy atom. The van der Waals surface area contributed by atoms with Crippen LogP contribution in [-0.4, -0.2) is 48.8 Å². The average Bonchev–Trinajstić information content (AvgIpc) is 2.75. The number of aryl methyl sites for hydroxylation is 2. The van der Waals surface area contributed by atoms with Crippen LogP contribution in [0.2, 0.25) is 0 Å². The van der Waals surface area contributed by atoms with Gasteiger partial charge in [-0.25, -0.2) is 14.8 Å². The Hall–Kier alpha value is -2.94. The fourth-order valence-electron chi connectivity index (χ4n) is 3.28. The van der Waals surface area contributed by atoms with E-state index in [4.69, 9.17) is 0 Å². The van der Waals surface area contributed by atoms with E-state index in [2.05, 4.69) is 9.97 Å². The van der Waals surface area contributed by atoms with Gasteiger partial charge >= 0.3 is 5.69 Å². The molecular formula is C21H25N5O3S. The van der Waals surface area contributed by atoms with E-state index in [1.807, 2.05) is 45.0 Å². The van der Waals surface area contributed by atoms with Gasteiger partial charge < -0.3 is 4.90 Å². The van der Waals surface area contributed by atoms with Crippen LogP contribution >= 0.6 is 11.8 Å². The Bertz CT molecular complexity index is 1230. The Morgan fingerprint density at radius 2 is 1.73 bits per heavy atom. The molecule has 3 rings (SSSR count). The summed E-state index contributed by atoms with van der Waals surface area (Å²) in [4.78, 5) is 48.8. The summed E-state index contributed by atoms with van der Waals surface area (Å²) in [5.74, 6) is 0.532. The first-order valence-corrected chi connectivity index (χ1v) is 10.7. The molecule has 8 nitrogen and oxygen atoms in total. The zero-order valence-corrected chi connectivity index (χ0v) is 18.6. The molecule has 0 saturated carbocycles. The summed E-state index contributed by atoms with van der Waals surface area (Å²) in [6, 6.07) is 7.65. The number of fused-ring (bicyclic) bond motifs is 1. The predicted octanol–water partition coefficient (Wildman–Crippen LogP) is 1.96. The van der Waals surface area contributed by atoms with Crippen molar-refractivity contribution in [1.82, 2.24) is 24.0 Å². The summed E-state index contributed by atoms with van der Waals surface area (Å²) in [5.41, 5.74) is 1.11. The van der Waals surface area contributed by atoms with Gasteiger partial charge in [-0.3, -0.25) is 18.7 Å². The summed E-state index contributed by atoms with van der Waals surface area (Å²) in [5, 5.41) is 0.643. The average molecular weight is 428 g/mol. The Balaban J connectivity index is 2.23. The van der Waals surface area contributed by atoms with Crippen molar-refractivity contribution < 1.29 is 4.79 Å². The number of nitrogens with zero attached hydrogens (tertiary/aromatic N) is 5. The molecule has 2 heterocycles. The minimum Gasteiger partial charge on any atom is -0.343 e. The third kappa shape index (κ3) is 3.89. The highest BCUT2D eigenvalue weighted by Gasteiger charge is 2.20. The largest absolute Gasteiger partial charge is 0.343 e. The van der Waals surface area contributed by atoms with Gasteiger partial charge in [0.1, 0.15) is 10.4 Å². The van der Waals surface area contributed by atoms with Crippen molar-refractivity contribution >= 4 is 28.7 Å². The number of thioether (sulfide) groups is 1. The lowest BCUT2D eigenvalue weighted by atomic mass is 10.1. The molecule has 0 saturated heterocycles. The van der Waals surface area contributed by atoms with Gasteiger partial charge in [-0.2, -0.15) is 0 Å². The lowest BCUT2D eigenvalue weighted by molar-refractivity contribution is -0.127. The van der Waals surface area contributed by atoms with Gasteiger partial charge in [0, 0.05) is 32.7 Å². The second-order valence-corrected chi connectivity index (χ2v) is 7.89. The maximum absolute atomic E-state index is 12.9. The van der Waals surface area contributed by atoms with Crippen LogP contribution in [-0.2, 0) is 18.9 Å². The second-order valence-electron chi connectivity index (χ2n) is 6.93. The number of hydrogen-bond acceptors (Lipinski definition) is 6. The molecule has 0 bridgehead atoms. The molecule has 1 amide bonds. The number of carbonyl (C=O) groups is 1. The topological polar surface area (TPSA) is 90.1 Å². The van der Waals surface area contributed by atoms with Gasteiger partial charge in [0.2, 0.25) is 5.91 Å². The fraction of sp³-hybridized carbons (Fsp3) is 0.381. The van der Waals surface area contributed by atoms with Crippen LogP contribution in [0.25, 0.3) is 22.4 Å². The number of aromatic nitrogens is 4. The first kappa shape index (κ1) is 21.8. The summed E-state index contributed by atoms with van der Waals surface area (Å²) in [6.07, 6.45) is 0. The molecule has 0 spiro atoms. The Morgan fingerprint density at radius 1 is 1.07 bits per heavy atom. The highest BCUT2D eigenvalue weighted by atomic mass is 32.2. The second kappa shape index (κ2) is 8.83. The molecular weight excluding hydrogens is 402 g/mol. The molecule has 0 aliphatic rings. The third-order valence-corrected chi connectivity index (χ3v) is 6.06. The summed E-state index contributed by atoms with van der Waals surface area (Å²) in [6.45, 7) is 7.03. The lowest BCUT2D eigenvalue weighted by Gasteiger charge is -2.18. The van der Waals surface area contributed by atoms with E-state index in [1.165, 1.54) is 23.4 Å². The number of carbonyl (C=O) groups excluding carboxylic acids is 1. The van der Waals surface area contributed by atoms with Gasteiger partial charge in [-0.1, -0.05) is 36.0 Å². The highest BCUT2D eigenvalue weighted by Crippen LogP contribution is 2.27. The first-order valence-electron chi connectivity index (χ1n) is 9.74. The van der Waals surface area contributed by atoms with E-state index >= 15 is 0 Å². The van der Waals surface area contributed by atoms with Crippen molar-refractivity contribution in [2.45, 2.75) is 25.8 Å². The Labute approximate surface area is 178 Å². The van der Waals surface area contributed by atoms with E-state index in [0.717, 1.165) is 15.7 Å². The van der Waals surface area contributed by atoms with Crippen molar-refractivity contribution in [3.05, 3.63) is 50.7 Å². The highest BCUT2D eigenvalue weighted by molar-refractivity contribution is 8.00. The van der Waals surface area contributed by atoms with E-state index in [0.29, 0.717) is 23.9 Å². The van der Waals surface area contributed by atoms with Gasteiger partial charge in [0.05, 0.1) is 5.75 Å². The molecule has 0 N–H and O–H groups in total. The number of amides is 1. The monoisotopic (exact) mass is 427 g/mol. The summed E-state index contributed by atoms with van der Waals surface area (Å²) in [7, 11) is 3.00. The molecule has 0 radical (unpaired) electrons. The molecule has 0 atom stereocenters. The van der Waals surface area contributed by atoms with Crippen molar-refractivity contribution in [3.8, 4) is 11.4 Å². The Kier molecular flexibility index (Phi) is 6.40. The minimum atomic E-state index is -0.470. The molecule has 2 aromatic heterocycles. The van der Waals surface area contributed by atoms with Crippen molar-refractivity contribution in [3.63, 3.8) is 0 Å². The molecule has 3 aromatic rings. The van der Waals surface area contributed by atoms with Crippen LogP contribution in [0.5, 0.6) is 0 Å². The smallest absolute Gasteiger partial charge is 0.332 e. The van der Waals surface area contributed by atoms with E-state index < -0.39 is 11.2 Å². The first-order chi connectivity index (χ1) is 14.3. The summed E-state index contributed by atoms with van der Waals surface area (Å²) < 4.78 is 2.38. The van der Waals surface area contributed by atoms with E-state index in [-0.39, 0.29) is 22.7 Å². The normalized spacial score (nSPS) is 11.1. The molecule has 0 unspecified atom stereocenters. The fourth-order valence-corrected chi connectivity index (χ4v) is 4.19. The standard InChI is InChI=1S/C21H25N5O3S/c1-6-26(7-2)15(27)12-30-19-16-18(24(4)21(29)25(5)20(16)28)22-17(23-19)14-11-9-8-10-13(14)3/h8-11H,6-7,12H2,1-5H3. The number of rotatable bonds is 6. The van der Waals surface area contributed by atoms with Crippen LogP contribution in [0, 0.1) is 6.92 Å². The minimum absolute atomic E-state index is 0.0316. The molecule has 0 aliphatic heterocycles. The van der Waals surface area contributed by atoms with Gasteiger partial charge in [0.25, 0.3) is 5.56 Å². The zero-order valence-electron chi connectivity index (χ0n) is 17.8. The quantitative estimate of drug-likeness (QED) is 0.441. The molecule has 0 aliphatic carbocycles. The molecule has 9 heteroatoms. The van der Waals surface area contributed by atoms with Crippen LogP contribution < -0.4 is 11.2 Å². The van der Waals surface area contributed by atoms with E-state index in [1.54, 1.807) is 11.9 Å². The third-order valence-electron chi connectivity index (χ3n) is 5.10. The molecule has 158 valence electrons. The van der Waals surface area contributed by atoms with Gasteiger partial charge in [-0.05, 0) is 26.3 Å². The summed E-state index contributed by atoms with van der Waals surface area (Å²) >= 11 is 1.20. The maximum Gasteiger partial charge on any atom is 0.332 e. The van der Waals surface area contributed by atoms with Crippen molar-refractivity contribution in [2.24, 2.45) is 14.1 Å². The molecule has 0 fully saturated rings. The molecule has 1 aromatic carbocycles. The van der Waals surface area contributed by atoms with Crippen molar-refractivity contribution in [2.75, 3.05) is 18.8 Å². The van der Waals surface area contributed by atoms with E-state index in [9.17, 15) is 14.4 Å². The SMILES string of the molecule is CCN(CC)C(=O)CSc1nc(-c2ccccc2C)nc2c1c(=O)n(C)c(=O)n2C. The van der Waals surface area contributed by atoms with Crippen molar-refractivity contribution in [1.29, 1.82) is 0 Å². The maximum atomic E-state index is 12.9. The number of benzene rings is 1. The number of hydrogen-bond donors (Lipinski definition) is 0. The van der Waals surface area contributed by atoms with Crippen LogP contribution in [0.3, 0.4) is 0 Å². The van der Waals surface area contributed by atoms with Crippen LogP contribution in [0.15, 0.2) is 38.9 Å². The zero-order chi connectivity index (χ0) is 22.0. The van der Waals surface area contributed by atoms with Crippen LogP contribution in [0.4, 0.5) is 0 Å². The lowest BCUT2D eigenvalue weighted by Crippen LogP contribution is -2.38. The van der Waals surface area contributed by atoms with Gasteiger partial charge in [0.15, 0.2) is 11.5 Å². The molecule has 30 heavy (non-hydrogen) atoms.